The summed E-state index contributed by atoms with van der Waals surface area (Å²) < 4.78 is 5.98. The molecule has 1 aromatic heterocycles. The fourth-order valence-corrected chi connectivity index (χ4v) is 3.77. The first-order valence-corrected chi connectivity index (χ1v) is 10.5. The van der Waals surface area contributed by atoms with Crippen LogP contribution in [0.4, 0.5) is 0 Å². The van der Waals surface area contributed by atoms with E-state index < -0.39 is 0 Å². The number of benzene rings is 2. The number of amidine groups is 1. The van der Waals surface area contributed by atoms with E-state index in [1.165, 1.54) is 16.7 Å². The number of halogens is 1. The summed E-state index contributed by atoms with van der Waals surface area (Å²) in [6, 6.07) is 13.2. The Bertz CT molecular complexity index is 1180. The zero-order chi connectivity index (χ0) is 22.0. The molecule has 0 spiro atoms. The molecule has 1 atom stereocenters. The van der Waals surface area contributed by atoms with Gasteiger partial charge in [0, 0.05) is 11.4 Å². The Morgan fingerprint density at radius 2 is 2.00 bits per heavy atom. The van der Waals surface area contributed by atoms with Crippen LogP contribution >= 0.6 is 11.6 Å². The molecule has 1 unspecified atom stereocenters. The number of amides is 1. The lowest BCUT2D eigenvalue weighted by atomic mass is 9.97. The molecule has 4 rings (SSSR count). The third-order valence-corrected chi connectivity index (χ3v) is 5.30. The van der Waals surface area contributed by atoms with Crippen molar-refractivity contribution in [3.05, 3.63) is 81.9 Å². The molecule has 0 saturated carbocycles. The minimum Gasteiger partial charge on any atom is -0.453 e. The fourth-order valence-electron chi connectivity index (χ4n) is 3.59. The van der Waals surface area contributed by atoms with Gasteiger partial charge in [0.05, 0.1) is 12.2 Å². The van der Waals surface area contributed by atoms with Crippen molar-refractivity contribution < 1.29 is 9.53 Å². The molecule has 0 saturated heterocycles. The number of aryl methyl sites for hydroxylation is 3. The van der Waals surface area contributed by atoms with E-state index in [4.69, 9.17) is 21.3 Å². The van der Waals surface area contributed by atoms with Gasteiger partial charge in [-0.25, -0.2) is 9.97 Å². The second kappa shape index (κ2) is 8.86. The van der Waals surface area contributed by atoms with Gasteiger partial charge >= 0.3 is 0 Å². The Morgan fingerprint density at radius 3 is 2.77 bits per heavy atom. The van der Waals surface area contributed by atoms with E-state index in [0.29, 0.717) is 46.7 Å². The van der Waals surface area contributed by atoms with Crippen LogP contribution in [-0.2, 0) is 11.2 Å². The van der Waals surface area contributed by atoms with Crippen molar-refractivity contribution in [2.24, 2.45) is 4.99 Å². The third-order valence-electron chi connectivity index (χ3n) is 5.07. The predicted molar refractivity (Wildman–Crippen MR) is 121 cm³/mol. The minimum absolute atomic E-state index is 0.0928. The van der Waals surface area contributed by atoms with Crippen LogP contribution in [0.5, 0.6) is 11.5 Å². The summed E-state index contributed by atoms with van der Waals surface area (Å²) in [4.78, 5) is 26.1. The lowest BCUT2D eigenvalue weighted by Gasteiger charge is -2.22. The van der Waals surface area contributed by atoms with Gasteiger partial charge in [-0.15, -0.1) is 0 Å². The summed E-state index contributed by atoms with van der Waals surface area (Å²) in [7, 11) is 0. The summed E-state index contributed by atoms with van der Waals surface area (Å²) in [6.07, 6.45) is 2.59. The van der Waals surface area contributed by atoms with Crippen molar-refractivity contribution in [2.45, 2.75) is 39.7 Å². The summed E-state index contributed by atoms with van der Waals surface area (Å²) >= 11 is 6.07. The average Bonchev–Trinajstić information content (AvgIpc) is 2.71. The molecule has 2 aromatic carbocycles. The number of aromatic nitrogens is 2. The molecule has 0 fully saturated rings. The molecule has 1 aliphatic heterocycles. The van der Waals surface area contributed by atoms with Crippen LogP contribution < -0.4 is 10.1 Å². The summed E-state index contributed by atoms with van der Waals surface area (Å²) in [5.41, 5.74) is 4.05. The quantitative estimate of drug-likeness (QED) is 0.630. The number of nitrogens with one attached hydrogen (secondary N) is 1. The van der Waals surface area contributed by atoms with Crippen LogP contribution in [0.2, 0.25) is 5.02 Å². The maximum absolute atomic E-state index is 12.5. The molecule has 2 heterocycles. The van der Waals surface area contributed by atoms with Crippen molar-refractivity contribution in [2.75, 3.05) is 0 Å². The standard InChI is InChI=1S/C24H23ClN4O2/c1-14-7-8-17(15(2)9-14)10-19-12-22(30)29-24(28-19)23-21(13-26-16(3)27-23)31-20-6-4-5-18(25)11-20/h4-9,11,13,19H,10,12H2,1-3H3,(H,28,29,30). The SMILES string of the molecule is Cc1ccc(CC2CC(=O)NC(c3nc(C)ncc3Oc3cccc(Cl)c3)=N2)c(C)c1. The number of carbonyl (C=O) groups is 1. The van der Waals surface area contributed by atoms with E-state index in [1.807, 2.05) is 0 Å². The summed E-state index contributed by atoms with van der Waals surface area (Å²) in [6.45, 7) is 5.94. The highest BCUT2D eigenvalue weighted by Crippen LogP contribution is 2.27. The molecule has 7 heteroatoms. The zero-order valence-corrected chi connectivity index (χ0v) is 18.4. The Kier molecular flexibility index (Phi) is 6.00. The van der Waals surface area contributed by atoms with Crippen molar-refractivity contribution in [1.29, 1.82) is 0 Å². The fraction of sp³-hybridized carbons (Fsp3) is 0.250. The first kappa shape index (κ1) is 21.0. The molecule has 0 radical (unpaired) electrons. The van der Waals surface area contributed by atoms with Crippen molar-refractivity contribution in [1.82, 2.24) is 15.3 Å². The van der Waals surface area contributed by atoms with Crippen molar-refractivity contribution in [3.63, 3.8) is 0 Å². The first-order valence-electron chi connectivity index (χ1n) is 10.1. The van der Waals surface area contributed by atoms with Gasteiger partial charge in [0.15, 0.2) is 17.3 Å². The third kappa shape index (κ3) is 5.09. The molecule has 1 amide bonds. The monoisotopic (exact) mass is 434 g/mol. The highest BCUT2D eigenvalue weighted by molar-refractivity contribution is 6.30. The van der Waals surface area contributed by atoms with E-state index in [9.17, 15) is 4.79 Å². The number of nitrogens with zero attached hydrogens (tertiary/aromatic N) is 3. The highest BCUT2D eigenvalue weighted by atomic mass is 35.5. The zero-order valence-electron chi connectivity index (χ0n) is 17.6. The molecule has 1 N–H and O–H groups in total. The topological polar surface area (TPSA) is 76.5 Å². The van der Waals surface area contributed by atoms with Crippen LogP contribution in [0.25, 0.3) is 0 Å². The predicted octanol–water partition coefficient (Wildman–Crippen LogP) is 4.73. The maximum atomic E-state index is 12.5. The van der Waals surface area contributed by atoms with E-state index in [1.54, 1.807) is 37.4 Å². The molecule has 31 heavy (non-hydrogen) atoms. The van der Waals surface area contributed by atoms with E-state index in [2.05, 4.69) is 47.3 Å². The van der Waals surface area contributed by atoms with Crippen molar-refractivity contribution in [3.8, 4) is 11.5 Å². The van der Waals surface area contributed by atoms with Gasteiger partial charge in [0.25, 0.3) is 0 Å². The smallest absolute Gasteiger partial charge is 0.227 e. The van der Waals surface area contributed by atoms with Crippen LogP contribution in [0.1, 0.15) is 34.6 Å². The molecule has 3 aromatic rings. The lowest BCUT2D eigenvalue weighted by Crippen LogP contribution is -2.40. The normalized spacial score (nSPS) is 15.9. The van der Waals surface area contributed by atoms with Gasteiger partial charge in [0.2, 0.25) is 5.91 Å². The first-order chi connectivity index (χ1) is 14.9. The van der Waals surface area contributed by atoms with Gasteiger partial charge < -0.3 is 10.1 Å². The second-order valence-electron chi connectivity index (χ2n) is 7.71. The Hall–Kier alpha value is -3.25. The van der Waals surface area contributed by atoms with Gasteiger partial charge in [-0.3, -0.25) is 9.79 Å². The van der Waals surface area contributed by atoms with Crippen LogP contribution in [-0.4, -0.2) is 27.8 Å². The van der Waals surface area contributed by atoms with Gasteiger partial charge in [-0.2, -0.15) is 0 Å². The van der Waals surface area contributed by atoms with Gasteiger partial charge in [-0.1, -0.05) is 41.4 Å². The molecule has 0 aliphatic carbocycles. The number of hydrogen-bond donors (Lipinski definition) is 1. The summed E-state index contributed by atoms with van der Waals surface area (Å²) in [5.74, 6) is 1.81. The van der Waals surface area contributed by atoms with Crippen LogP contribution in [0, 0.1) is 20.8 Å². The number of ether oxygens (including phenoxy) is 1. The van der Waals surface area contributed by atoms with Crippen LogP contribution in [0.3, 0.4) is 0 Å². The number of rotatable bonds is 5. The van der Waals surface area contributed by atoms with Gasteiger partial charge in [0.1, 0.15) is 11.6 Å². The summed E-state index contributed by atoms with van der Waals surface area (Å²) in [5, 5.41) is 3.41. The van der Waals surface area contributed by atoms with E-state index in [-0.39, 0.29) is 11.9 Å². The average molecular weight is 435 g/mol. The molecular formula is C24H23ClN4O2. The molecule has 158 valence electrons. The molecule has 1 aliphatic rings. The number of carbonyl (C=O) groups excluding carboxylic acids is 1. The highest BCUT2D eigenvalue weighted by Gasteiger charge is 2.26. The lowest BCUT2D eigenvalue weighted by molar-refractivity contribution is -0.120. The van der Waals surface area contributed by atoms with Gasteiger partial charge in [-0.05, 0) is 56.5 Å². The largest absolute Gasteiger partial charge is 0.453 e. The number of hydrogen-bond acceptors (Lipinski definition) is 5. The number of aliphatic imine (C=N–C) groups is 1. The maximum Gasteiger partial charge on any atom is 0.227 e. The van der Waals surface area contributed by atoms with Crippen LogP contribution in [0.15, 0.2) is 53.7 Å². The minimum atomic E-state index is -0.181. The second-order valence-corrected chi connectivity index (χ2v) is 8.14. The molecule has 6 nitrogen and oxygen atoms in total. The Labute approximate surface area is 186 Å². The Morgan fingerprint density at radius 1 is 1.16 bits per heavy atom. The molecule has 0 bridgehead atoms. The Balaban J connectivity index is 1.67. The van der Waals surface area contributed by atoms with E-state index in [0.717, 1.165) is 0 Å². The molecular weight excluding hydrogens is 412 g/mol. The van der Waals surface area contributed by atoms with Crippen molar-refractivity contribution >= 4 is 23.3 Å². The van der Waals surface area contributed by atoms with E-state index >= 15 is 0 Å².